The van der Waals surface area contributed by atoms with Gasteiger partial charge in [0, 0.05) is 13.3 Å². The van der Waals surface area contributed by atoms with Gasteiger partial charge in [-0.05, 0) is 6.92 Å². The van der Waals surface area contributed by atoms with Gasteiger partial charge < -0.3 is 25.0 Å². The maximum atomic E-state index is 11.3. The van der Waals surface area contributed by atoms with E-state index in [-0.39, 0.29) is 13.0 Å². The molecule has 158 valence electrons. The Kier molecular flexibility index (Phi) is 9.78. The molecule has 1 aliphatic heterocycles. The van der Waals surface area contributed by atoms with Crippen LogP contribution in [0.4, 0.5) is 0 Å². The summed E-state index contributed by atoms with van der Waals surface area (Å²) in [6, 6.07) is -6.34. The lowest BCUT2D eigenvalue weighted by atomic mass is 9.96. The van der Waals surface area contributed by atoms with E-state index >= 15 is 0 Å². The molecule has 1 amide bonds. The molecule has 1 aliphatic rings. The summed E-state index contributed by atoms with van der Waals surface area (Å²) in [6.45, 7) is 1.70. The second-order valence-corrected chi connectivity index (χ2v) is 6.43. The summed E-state index contributed by atoms with van der Waals surface area (Å²) in [7, 11) is 0. The zero-order valence-electron chi connectivity index (χ0n) is 15.3. The summed E-state index contributed by atoms with van der Waals surface area (Å²) < 4.78 is 10.7. The van der Waals surface area contributed by atoms with Crippen molar-refractivity contribution >= 4 is 5.91 Å². The van der Waals surface area contributed by atoms with Crippen LogP contribution in [-0.4, -0.2) is 78.0 Å². The van der Waals surface area contributed by atoms with Gasteiger partial charge in [0.25, 0.3) is 0 Å². The van der Waals surface area contributed by atoms with E-state index in [0.29, 0.717) is 0 Å². The maximum Gasteiger partial charge on any atom is 0.217 e. The van der Waals surface area contributed by atoms with Gasteiger partial charge in [0.05, 0.1) is 25.4 Å². The van der Waals surface area contributed by atoms with E-state index in [2.05, 4.69) is 26.0 Å². The van der Waals surface area contributed by atoms with Gasteiger partial charge in [-0.3, -0.25) is 4.79 Å². The Labute approximate surface area is 159 Å². The highest BCUT2D eigenvalue weighted by molar-refractivity contribution is 5.73. The second kappa shape index (κ2) is 11.5. The number of nitrogens with one attached hydrogen (secondary N) is 1. The van der Waals surface area contributed by atoms with Crippen molar-refractivity contribution < 1.29 is 24.5 Å². The van der Waals surface area contributed by atoms with Crippen molar-refractivity contribution in [2.45, 2.75) is 69.0 Å². The molecule has 0 aliphatic carbocycles. The minimum absolute atomic E-state index is 0.256. The van der Waals surface area contributed by atoms with E-state index in [4.69, 9.17) is 9.47 Å². The minimum atomic E-state index is -1.56. The fourth-order valence-electron chi connectivity index (χ4n) is 2.73. The SMILES string of the molecule is CC(=O)N[C@@H](COC1OCC(N=O)CC(O)C(N=O)C1N=O)[C@H](O)[C@@H](C)N=O. The predicted octanol–water partition coefficient (Wildman–Crippen LogP) is -0.464. The van der Waals surface area contributed by atoms with Crippen molar-refractivity contribution in [3.8, 4) is 0 Å². The van der Waals surface area contributed by atoms with E-state index in [9.17, 15) is 34.6 Å². The molecule has 3 N–H and O–H groups in total. The van der Waals surface area contributed by atoms with Gasteiger partial charge in [0.15, 0.2) is 12.3 Å². The Morgan fingerprint density at radius 1 is 1.21 bits per heavy atom. The minimum Gasteiger partial charge on any atom is -0.391 e. The van der Waals surface area contributed by atoms with E-state index in [1.165, 1.54) is 13.8 Å². The van der Waals surface area contributed by atoms with Crippen LogP contribution >= 0.6 is 0 Å². The first-order valence-corrected chi connectivity index (χ1v) is 8.45. The van der Waals surface area contributed by atoms with E-state index in [1.807, 2.05) is 0 Å². The molecule has 0 aromatic carbocycles. The van der Waals surface area contributed by atoms with Crippen molar-refractivity contribution in [1.29, 1.82) is 0 Å². The highest BCUT2D eigenvalue weighted by atomic mass is 16.7. The molecule has 28 heavy (non-hydrogen) atoms. The third-order valence-electron chi connectivity index (χ3n) is 4.28. The Hall–Kier alpha value is -2.29. The summed E-state index contributed by atoms with van der Waals surface area (Å²) >= 11 is 0. The summed E-state index contributed by atoms with van der Waals surface area (Å²) in [5.41, 5.74) is 0. The molecule has 1 heterocycles. The van der Waals surface area contributed by atoms with Gasteiger partial charge >= 0.3 is 0 Å². The lowest BCUT2D eigenvalue weighted by Gasteiger charge is -2.33. The lowest BCUT2D eigenvalue weighted by Crippen LogP contribution is -2.53. The number of carbonyl (C=O) groups is 1. The monoisotopic (exact) mass is 405 g/mol. The van der Waals surface area contributed by atoms with Crippen LogP contribution in [0.2, 0.25) is 0 Å². The fraction of sp³-hybridized carbons (Fsp3) is 0.929. The average Bonchev–Trinajstić information content (AvgIpc) is 2.67. The number of hydrogen-bond donors (Lipinski definition) is 3. The molecule has 0 saturated carbocycles. The van der Waals surface area contributed by atoms with Crippen LogP contribution in [-0.2, 0) is 14.3 Å². The smallest absolute Gasteiger partial charge is 0.217 e. The maximum absolute atomic E-state index is 11.3. The molecule has 14 nitrogen and oxygen atoms in total. The molecular formula is C14H23N5O9. The lowest BCUT2D eigenvalue weighted by molar-refractivity contribution is -0.178. The van der Waals surface area contributed by atoms with Crippen LogP contribution in [0, 0.1) is 19.6 Å². The van der Waals surface area contributed by atoms with Crippen LogP contribution in [0.1, 0.15) is 20.3 Å². The molecule has 0 aromatic heterocycles. The molecule has 14 heteroatoms. The molecule has 0 radical (unpaired) electrons. The number of amides is 1. The normalized spacial score (nSPS) is 31.4. The average molecular weight is 405 g/mol. The van der Waals surface area contributed by atoms with Crippen LogP contribution in [0.3, 0.4) is 0 Å². The summed E-state index contributed by atoms with van der Waals surface area (Å²) in [5, 5.41) is 33.4. The summed E-state index contributed by atoms with van der Waals surface area (Å²) in [5.74, 6) is -0.539. The molecule has 1 rings (SSSR count). The Morgan fingerprint density at radius 2 is 1.86 bits per heavy atom. The number of ether oxygens (including phenoxy) is 2. The molecule has 0 spiro atoms. The van der Waals surface area contributed by atoms with Crippen molar-refractivity contribution in [1.82, 2.24) is 5.32 Å². The van der Waals surface area contributed by atoms with Gasteiger partial charge in [-0.1, -0.05) is 20.7 Å². The van der Waals surface area contributed by atoms with Gasteiger partial charge in [-0.2, -0.15) is 19.6 Å². The van der Waals surface area contributed by atoms with E-state index in [0.717, 1.165) is 0 Å². The fourth-order valence-corrected chi connectivity index (χ4v) is 2.73. The number of carbonyl (C=O) groups excluding carboxylic acids is 1. The van der Waals surface area contributed by atoms with Crippen LogP contribution < -0.4 is 5.32 Å². The predicted molar refractivity (Wildman–Crippen MR) is 93.9 cm³/mol. The Bertz CT molecular complexity index is 565. The highest BCUT2D eigenvalue weighted by Gasteiger charge is 2.42. The quantitative estimate of drug-likeness (QED) is 0.401. The first kappa shape index (κ1) is 23.7. The van der Waals surface area contributed by atoms with Crippen molar-refractivity contribution in [3.63, 3.8) is 0 Å². The number of aliphatic hydroxyl groups excluding tert-OH is 2. The Morgan fingerprint density at radius 3 is 2.36 bits per heavy atom. The summed E-state index contributed by atoms with van der Waals surface area (Å²) in [6.07, 6.45) is -4.68. The molecule has 1 fully saturated rings. The third kappa shape index (κ3) is 6.40. The molecular weight excluding hydrogens is 382 g/mol. The van der Waals surface area contributed by atoms with Gasteiger partial charge in [0.2, 0.25) is 5.91 Å². The molecule has 5 unspecified atom stereocenters. The zero-order valence-corrected chi connectivity index (χ0v) is 15.3. The largest absolute Gasteiger partial charge is 0.391 e. The Balaban J connectivity index is 2.99. The van der Waals surface area contributed by atoms with Crippen LogP contribution in [0.5, 0.6) is 0 Å². The van der Waals surface area contributed by atoms with E-state index < -0.39 is 61.2 Å². The topological polar surface area (TPSA) is 206 Å². The number of hydrogen-bond acceptors (Lipinski definition) is 13. The number of nitrogens with zero attached hydrogens (tertiary/aromatic N) is 4. The van der Waals surface area contributed by atoms with Gasteiger partial charge in [0.1, 0.15) is 24.2 Å². The zero-order chi connectivity index (χ0) is 21.3. The first-order chi connectivity index (χ1) is 13.3. The molecule has 0 bridgehead atoms. The van der Waals surface area contributed by atoms with Crippen molar-refractivity contribution in [2.75, 3.05) is 13.2 Å². The second-order valence-electron chi connectivity index (χ2n) is 6.43. The highest BCUT2D eigenvalue weighted by Crippen LogP contribution is 2.24. The summed E-state index contributed by atoms with van der Waals surface area (Å²) in [4.78, 5) is 55.1. The standard InChI is InChI=1S/C14H23N5O9/c1-6(16-23)13(22)9(15-7(2)20)5-28-14-12(19-26)11(18-25)10(21)3-8(17-24)4-27-14/h6,8-14,21-22H,3-5H2,1-2H3,(H,15,20)/t6-,8?,9+,10?,11?,12?,13-,14?/m1/s1. The molecule has 8 atom stereocenters. The van der Waals surface area contributed by atoms with Crippen molar-refractivity contribution in [3.05, 3.63) is 19.6 Å². The molecule has 1 saturated heterocycles. The number of aliphatic hydroxyl groups is 2. The van der Waals surface area contributed by atoms with Crippen LogP contribution in [0.25, 0.3) is 0 Å². The third-order valence-corrected chi connectivity index (χ3v) is 4.28. The number of nitroso groups, excluding NO2 is 4. The molecule has 0 aromatic rings. The van der Waals surface area contributed by atoms with Crippen LogP contribution in [0.15, 0.2) is 20.7 Å². The number of rotatable bonds is 10. The van der Waals surface area contributed by atoms with Gasteiger partial charge in [-0.25, -0.2) is 0 Å². The van der Waals surface area contributed by atoms with E-state index in [1.54, 1.807) is 0 Å². The van der Waals surface area contributed by atoms with Crippen molar-refractivity contribution in [2.24, 2.45) is 20.7 Å². The van der Waals surface area contributed by atoms with Gasteiger partial charge in [-0.15, -0.1) is 0 Å². The first-order valence-electron chi connectivity index (χ1n) is 8.45.